The summed E-state index contributed by atoms with van der Waals surface area (Å²) in [4.78, 5) is 10.3. The van der Waals surface area contributed by atoms with E-state index < -0.39 is 36.7 Å². The first-order valence-corrected chi connectivity index (χ1v) is 3.53. The number of aliphatic hydroxyl groups excluding tert-OH is 4. The Labute approximate surface area is 122 Å². The van der Waals surface area contributed by atoms with Gasteiger partial charge >= 0.3 is 51.4 Å². The van der Waals surface area contributed by atoms with Gasteiger partial charge in [-0.05, 0) is 0 Å². The smallest absolute Gasteiger partial charge is 0.547 e. The van der Waals surface area contributed by atoms with Crippen molar-refractivity contribution in [1.29, 1.82) is 0 Å². The molecule has 1 aliphatic heterocycles. The molecule has 4 N–H and O–H groups in total. The fraction of sp³-hybridized carbons (Fsp3) is 0.833. The van der Waals surface area contributed by atoms with E-state index >= 15 is 0 Å². The van der Waals surface area contributed by atoms with Gasteiger partial charge in [0.1, 0.15) is 24.4 Å². The average molecular weight is 232 g/mol. The van der Waals surface area contributed by atoms with Gasteiger partial charge in [-0.1, -0.05) is 0 Å². The molecule has 0 aromatic heterocycles. The molecule has 0 saturated carbocycles. The van der Waals surface area contributed by atoms with Crippen molar-refractivity contribution in [2.45, 2.75) is 30.7 Å². The standard InChI is InChI=1S/C6H10O7.K/c7-1-2(8)4(5(10)11)13-6(12)3(1)9;/h1-4,6-9,12H,(H,10,11);/q;+1/p-1/t1-,2-,3+,4-,6?;/m0./s1. The Morgan fingerprint density at radius 1 is 1.07 bits per heavy atom. The summed E-state index contributed by atoms with van der Waals surface area (Å²) in [5.74, 6) is -1.77. The molecule has 1 fully saturated rings. The summed E-state index contributed by atoms with van der Waals surface area (Å²) < 4.78 is 4.28. The van der Waals surface area contributed by atoms with Crippen molar-refractivity contribution in [1.82, 2.24) is 0 Å². The molecule has 1 heterocycles. The van der Waals surface area contributed by atoms with Crippen molar-refractivity contribution in [2.24, 2.45) is 0 Å². The second-order valence-corrected chi connectivity index (χ2v) is 2.74. The summed E-state index contributed by atoms with van der Waals surface area (Å²) >= 11 is 0. The SMILES string of the molecule is O=C([O-])[C@H]1OC(O)[C@H](O)[C@@H](O)[C@@H]1O.[K+]. The quantitative estimate of drug-likeness (QED) is 0.330. The van der Waals surface area contributed by atoms with Crippen LogP contribution in [0.3, 0.4) is 0 Å². The Morgan fingerprint density at radius 2 is 1.57 bits per heavy atom. The second-order valence-electron chi connectivity index (χ2n) is 2.74. The van der Waals surface area contributed by atoms with E-state index in [1.807, 2.05) is 0 Å². The number of carboxylic acids is 1. The molecular weight excluding hydrogens is 223 g/mol. The fourth-order valence-corrected chi connectivity index (χ4v) is 1.06. The molecule has 0 amide bonds. The first-order valence-electron chi connectivity index (χ1n) is 3.53. The normalized spacial score (nSPS) is 42.7. The number of ether oxygens (including phenoxy) is 1. The number of aliphatic hydroxyl groups is 4. The molecule has 1 rings (SSSR count). The summed E-state index contributed by atoms with van der Waals surface area (Å²) in [7, 11) is 0. The third kappa shape index (κ3) is 2.95. The van der Waals surface area contributed by atoms with Crippen molar-refractivity contribution < 1.29 is 86.4 Å². The van der Waals surface area contributed by atoms with E-state index in [9.17, 15) is 9.90 Å². The number of carboxylic acid groups (broad SMARTS) is 1. The number of carbonyl (C=O) groups excluding carboxylic acids is 1. The number of rotatable bonds is 1. The van der Waals surface area contributed by atoms with Crippen LogP contribution in [0.15, 0.2) is 0 Å². The molecule has 1 unspecified atom stereocenters. The topological polar surface area (TPSA) is 130 Å². The van der Waals surface area contributed by atoms with E-state index in [1.165, 1.54) is 0 Å². The number of aliphatic carboxylic acids is 1. The van der Waals surface area contributed by atoms with Crippen LogP contribution in [0.1, 0.15) is 0 Å². The largest absolute Gasteiger partial charge is 1.00 e. The molecule has 1 aliphatic rings. The van der Waals surface area contributed by atoms with Gasteiger partial charge in [0.2, 0.25) is 0 Å². The fourth-order valence-electron chi connectivity index (χ4n) is 1.06. The van der Waals surface area contributed by atoms with Gasteiger partial charge in [-0.2, -0.15) is 0 Å². The van der Waals surface area contributed by atoms with Gasteiger partial charge in [0.15, 0.2) is 6.29 Å². The summed E-state index contributed by atoms with van der Waals surface area (Å²) in [6, 6.07) is 0. The Balaban J connectivity index is 0.00000169. The second kappa shape index (κ2) is 5.85. The Hall–Kier alpha value is 0.906. The van der Waals surface area contributed by atoms with Crippen molar-refractivity contribution in [3.05, 3.63) is 0 Å². The number of hydrogen-bond acceptors (Lipinski definition) is 7. The third-order valence-corrected chi connectivity index (χ3v) is 1.82. The number of carbonyl (C=O) groups is 1. The molecule has 0 aromatic carbocycles. The monoisotopic (exact) mass is 232 g/mol. The Morgan fingerprint density at radius 3 is 2.00 bits per heavy atom. The van der Waals surface area contributed by atoms with Crippen LogP contribution in [-0.4, -0.2) is 57.1 Å². The van der Waals surface area contributed by atoms with E-state index in [4.69, 9.17) is 20.4 Å². The predicted molar refractivity (Wildman–Crippen MR) is 33.9 cm³/mol. The molecule has 0 spiro atoms. The van der Waals surface area contributed by atoms with E-state index in [-0.39, 0.29) is 51.4 Å². The van der Waals surface area contributed by atoms with E-state index in [2.05, 4.69) is 4.74 Å². The van der Waals surface area contributed by atoms with Gasteiger partial charge in [0.25, 0.3) is 0 Å². The molecule has 0 aliphatic carbocycles. The summed E-state index contributed by atoms with van der Waals surface area (Å²) in [5.41, 5.74) is 0. The zero-order valence-electron chi connectivity index (χ0n) is 7.40. The van der Waals surface area contributed by atoms with E-state index in [0.717, 1.165) is 0 Å². The van der Waals surface area contributed by atoms with Crippen molar-refractivity contribution in [3.8, 4) is 0 Å². The van der Waals surface area contributed by atoms with Gasteiger partial charge in [-0.15, -0.1) is 0 Å². The maximum Gasteiger partial charge on any atom is 1.00 e. The molecule has 76 valence electrons. The van der Waals surface area contributed by atoms with Crippen LogP contribution in [0, 0.1) is 0 Å². The van der Waals surface area contributed by atoms with Crippen LogP contribution in [0.2, 0.25) is 0 Å². The first kappa shape index (κ1) is 14.9. The van der Waals surface area contributed by atoms with Gasteiger partial charge in [-0.3, -0.25) is 0 Å². The van der Waals surface area contributed by atoms with Crippen LogP contribution < -0.4 is 56.5 Å². The Bertz CT molecular complexity index is 210. The van der Waals surface area contributed by atoms with E-state index in [0.29, 0.717) is 0 Å². The van der Waals surface area contributed by atoms with Crippen molar-refractivity contribution in [2.75, 3.05) is 0 Å². The molecule has 1 saturated heterocycles. The molecular formula is C6H9KO7. The maximum atomic E-state index is 10.3. The summed E-state index contributed by atoms with van der Waals surface area (Å²) in [6.45, 7) is 0. The molecule has 0 bridgehead atoms. The van der Waals surface area contributed by atoms with Gasteiger partial charge in [0.05, 0.1) is 5.97 Å². The first-order chi connectivity index (χ1) is 5.95. The van der Waals surface area contributed by atoms with Crippen LogP contribution in [0.4, 0.5) is 0 Å². The van der Waals surface area contributed by atoms with Gasteiger partial charge in [-0.25, -0.2) is 0 Å². The van der Waals surface area contributed by atoms with Crippen LogP contribution in [0.5, 0.6) is 0 Å². The minimum absolute atomic E-state index is 0. The summed E-state index contributed by atoms with van der Waals surface area (Å²) in [5, 5.41) is 46.1. The third-order valence-electron chi connectivity index (χ3n) is 1.82. The summed E-state index contributed by atoms with van der Waals surface area (Å²) in [6.07, 6.45) is -9.00. The average Bonchev–Trinajstić information content (AvgIpc) is 2.07. The van der Waals surface area contributed by atoms with Crippen molar-refractivity contribution in [3.63, 3.8) is 0 Å². The minimum Gasteiger partial charge on any atom is -0.547 e. The molecule has 5 atom stereocenters. The van der Waals surface area contributed by atoms with Crippen LogP contribution in [-0.2, 0) is 9.53 Å². The molecule has 14 heavy (non-hydrogen) atoms. The molecule has 0 aromatic rings. The zero-order valence-corrected chi connectivity index (χ0v) is 10.5. The van der Waals surface area contributed by atoms with Gasteiger partial charge < -0.3 is 35.1 Å². The van der Waals surface area contributed by atoms with Crippen molar-refractivity contribution >= 4 is 5.97 Å². The number of hydrogen-bond donors (Lipinski definition) is 4. The van der Waals surface area contributed by atoms with Crippen LogP contribution >= 0.6 is 0 Å². The minimum atomic E-state index is -1.85. The maximum absolute atomic E-state index is 10.3. The zero-order chi connectivity index (χ0) is 10.2. The van der Waals surface area contributed by atoms with Crippen LogP contribution in [0.25, 0.3) is 0 Å². The Kier molecular flexibility index (Phi) is 6.22. The molecule has 7 nitrogen and oxygen atoms in total. The molecule has 0 radical (unpaired) electrons. The molecule has 8 heteroatoms. The predicted octanol–water partition coefficient (Wildman–Crippen LogP) is -7.46. The van der Waals surface area contributed by atoms with E-state index in [1.54, 1.807) is 0 Å². The van der Waals surface area contributed by atoms with Gasteiger partial charge in [0, 0.05) is 0 Å².